The average molecular weight is 274 g/mol. The summed E-state index contributed by atoms with van der Waals surface area (Å²) in [5.74, 6) is 0. The van der Waals surface area contributed by atoms with Gasteiger partial charge in [-0.15, -0.1) is 6.58 Å². The molecule has 0 saturated carbocycles. The van der Waals surface area contributed by atoms with Crippen LogP contribution in [-0.2, 0) is 4.74 Å². The summed E-state index contributed by atoms with van der Waals surface area (Å²) in [6.45, 7) is 5.69. The molecule has 0 aromatic rings. The molecule has 0 aliphatic carbocycles. The summed E-state index contributed by atoms with van der Waals surface area (Å²) in [7, 11) is 0. The number of rotatable bonds is 3. The number of aliphatic hydroxyl groups excluding tert-OH is 3. The van der Waals surface area contributed by atoms with E-state index in [4.69, 9.17) is 4.74 Å². The monoisotopic (exact) mass is 274 g/mol. The molecule has 0 aromatic carbocycles. The highest BCUT2D eigenvalue weighted by atomic mass is 32.2. The number of fused-ring (bicyclic) bond motifs is 1. The predicted octanol–water partition coefficient (Wildman–Crippen LogP) is -0.939. The third-order valence-corrected chi connectivity index (χ3v) is 4.07. The van der Waals surface area contributed by atoms with Crippen molar-refractivity contribution in [1.29, 1.82) is 0 Å². The number of nitrogens with zero attached hydrogens (tertiary/aromatic N) is 1. The minimum absolute atomic E-state index is 0.379. The van der Waals surface area contributed by atoms with Crippen molar-refractivity contribution < 1.29 is 20.1 Å². The summed E-state index contributed by atoms with van der Waals surface area (Å²) >= 11 is 1.35. The lowest BCUT2D eigenvalue weighted by atomic mass is 9.95. The Balaban J connectivity index is 2.06. The van der Waals surface area contributed by atoms with Crippen molar-refractivity contribution >= 4 is 16.9 Å². The average Bonchev–Trinajstić information content (AvgIpc) is 2.74. The van der Waals surface area contributed by atoms with Gasteiger partial charge in [0.05, 0.1) is 6.10 Å². The van der Waals surface area contributed by atoms with Crippen molar-refractivity contribution in [3.05, 3.63) is 12.7 Å². The predicted molar refractivity (Wildman–Crippen MR) is 69.4 cm³/mol. The van der Waals surface area contributed by atoms with Crippen LogP contribution >= 0.6 is 11.8 Å². The SMILES string of the molecule is C=CCNC1=N[C@@H]2[C@@H](O)[C@H](O)[C@@H]([C@@H](C)O)O[C@@H]2S1. The van der Waals surface area contributed by atoms with Crippen molar-refractivity contribution in [3.63, 3.8) is 0 Å². The molecule has 6 atom stereocenters. The Morgan fingerprint density at radius 1 is 1.56 bits per heavy atom. The zero-order valence-corrected chi connectivity index (χ0v) is 10.9. The fourth-order valence-electron chi connectivity index (χ4n) is 2.03. The Kier molecular flexibility index (Phi) is 4.29. The molecule has 1 saturated heterocycles. The van der Waals surface area contributed by atoms with E-state index < -0.39 is 30.5 Å². The van der Waals surface area contributed by atoms with Gasteiger partial charge in [-0.3, -0.25) is 4.99 Å². The lowest BCUT2D eigenvalue weighted by Gasteiger charge is -2.39. The molecule has 0 spiro atoms. The first-order chi connectivity index (χ1) is 8.54. The highest BCUT2D eigenvalue weighted by Gasteiger charge is 2.49. The highest BCUT2D eigenvalue weighted by Crippen LogP contribution is 2.36. The molecule has 0 radical (unpaired) electrons. The molecule has 6 nitrogen and oxygen atoms in total. The van der Waals surface area contributed by atoms with Crippen molar-refractivity contribution in [3.8, 4) is 0 Å². The first kappa shape index (κ1) is 13.8. The maximum Gasteiger partial charge on any atom is 0.159 e. The normalized spacial score (nSPS) is 40.9. The van der Waals surface area contributed by atoms with Crippen LogP contribution in [0.3, 0.4) is 0 Å². The Morgan fingerprint density at radius 2 is 2.28 bits per heavy atom. The summed E-state index contributed by atoms with van der Waals surface area (Å²) < 4.78 is 5.59. The van der Waals surface area contributed by atoms with E-state index in [9.17, 15) is 15.3 Å². The molecule has 4 N–H and O–H groups in total. The Morgan fingerprint density at radius 3 is 2.89 bits per heavy atom. The minimum Gasteiger partial charge on any atom is -0.391 e. The van der Waals surface area contributed by atoms with Gasteiger partial charge in [-0.1, -0.05) is 17.8 Å². The number of hydrogen-bond donors (Lipinski definition) is 4. The van der Waals surface area contributed by atoms with Gasteiger partial charge in [0.25, 0.3) is 0 Å². The van der Waals surface area contributed by atoms with Gasteiger partial charge in [0.1, 0.15) is 29.8 Å². The van der Waals surface area contributed by atoms with Gasteiger partial charge in [-0.2, -0.15) is 0 Å². The van der Waals surface area contributed by atoms with Crippen molar-refractivity contribution in [2.45, 2.75) is 42.8 Å². The van der Waals surface area contributed by atoms with E-state index in [1.165, 1.54) is 18.7 Å². The van der Waals surface area contributed by atoms with Crippen molar-refractivity contribution in [2.24, 2.45) is 4.99 Å². The zero-order valence-electron chi connectivity index (χ0n) is 10.1. The fourth-order valence-corrected chi connectivity index (χ4v) is 3.14. The van der Waals surface area contributed by atoms with Gasteiger partial charge in [0, 0.05) is 6.54 Å². The maximum atomic E-state index is 10.0. The topological polar surface area (TPSA) is 94.3 Å². The van der Waals surface area contributed by atoms with Crippen LogP contribution in [0.4, 0.5) is 0 Å². The molecular formula is C11H18N2O4S. The number of nitrogens with one attached hydrogen (secondary N) is 1. The lowest BCUT2D eigenvalue weighted by molar-refractivity contribution is -0.181. The molecule has 0 bridgehead atoms. The number of amidine groups is 1. The summed E-state index contributed by atoms with van der Waals surface area (Å²) in [4.78, 5) is 4.28. The van der Waals surface area contributed by atoms with E-state index in [0.717, 1.165) is 0 Å². The Hall–Kier alpha value is -0.600. The van der Waals surface area contributed by atoms with Crippen molar-refractivity contribution in [2.75, 3.05) is 6.54 Å². The quantitative estimate of drug-likeness (QED) is 0.496. The molecule has 2 aliphatic heterocycles. The van der Waals surface area contributed by atoms with Crippen LogP contribution in [-0.4, -0.2) is 62.9 Å². The second kappa shape index (κ2) is 5.58. The summed E-state index contributed by atoms with van der Waals surface area (Å²) in [5, 5.41) is 33.1. The number of aliphatic hydroxyl groups is 3. The molecule has 0 unspecified atom stereocenters. The molecule has 1 fully saturated rings. The van der Waals surface area contributed by atoms with Crippen LogP contribution in [0.15, 0.2) is 17.6 Å². The smallest absolute Gasteiger partial charge is 0.159 e. The van der Waals surface area contributed by atoms with E-state index in [1.807, 2.05) is 0 Å². The highest BCUT2D eigenvalue weighted by molar-refractivity contribution is 8.14. The molecule has 7 heteroatoms. The van der Waals surface area contributed by atoms with Gasteiger partial charge >= 0.3 is 0 Å². The maximum absolute atomic E-state index is 10.0. The zero-order chi connectivity index (χ0) is 13.3. The number of hydrogen-bond acceptors (Lipinski definition) is 7. The number of thioether (sulfide) groups is 1. The van der Waals surface area contributed by atoms with Gasteiger partial charge in [0.2, 0.25) is 0 Å². The molecular weight excluding hydrogens is 256 g/mol. The van der Waals surface area contributed by atoms with Gasteiger partial charge in [0.15, 0.2) is 5.17 Å². The summed E-state index contributed by atoms with van der Waals surface area (Å²) in [6.07, 6.45) is -2.09. The third-order valence-electron chi connectivity index (χ3n) is 2.97. The van der Waals surface area contributed by atoms with Crippen LogP contribution in [0.5, 0.6) is 0 Å². The first-order valence-electron chi connectivity index (χ1n) is 5.83. The second-order valence-corrected chi connectivity index (χ2v) is 5.49. The van der Waals surface area contributed by atoms with Crippen LogP contribution in [0.25, 0.3) is 0 Å². The molecule has 0 amide bonds. The van der Waals surface area contributed by atoms with E-state index in [-0.39, 0.29) is 5.44 Å². The van der Waals surface area contributed by atoms with E-state index in [1.54, 1.807) is 6.08 Å². The summed E-state index contributed by atoms with van der Waals surface area (Å²) in [5.41, 5.74) is -0.379. The van der Waals surface area contributed by atoms with Crippen molar-refractivity contribution in [1.82, 2.24) is 5.32 Å². The largest absolute Gasteiger partial charge is 0.391 e. The molecule has 0 aromatic heterocycles. The van der Waals surface area contributed by atoms with Crippen LogP contribution in [0.2, 0.25) is 0 Å². The Bertz CT molecular complexity index is 350. The van der Waals surface area contributed by atoms with E-state index >= 15 is 0 Å². The number of aliphatic imine (C=N–C) groups is 1. The lowest BCUT2D eigenvalue weighted by Crippen LogP contribution is -2.57. The molecule has 102 valence electrons. The Labute approximate surface area is 110 Å². The molecule has 2 heterocycles. The molecule has 2 rings (SSSR count). The van der Waals surface area contributed by atoms with Gasteiger partial charge in [-0.05, 0) is 6.92 Å². The summed E-state index contributed by atoms with van der Waals surface area (Å²) in [6, 6.07) is -0.507. The van der Waals surface area contributed by atoms with Crippen LogP contribution < -0.4 is 5.32 Å². The number of ether oxygens (including phenoxy) is 1. The van der Waals surface area contributed by atoms with Crippen LogP contribution in [0.1, 0.15) is 6.92 Å². The fraction of sp³-hybridized carbons (Fsp3) is 0.727. The first-order valence-corrected chi connectivity index (χ1v) is 6.71. The second-order valence-electron chi connectivity index (χ2n) is 4.40. The van der Waals surface area contributed by atoms with Gasteiger partial charge < -0.3 is 25.4 Å². The molecule has 18 heavy (non-hydrogen) atoms. The van der Waals surface area contributed by atoms with Crippen LogP contribution in [0, 0.1) is 0 Å². The van der Waals surface area contributed by atoms with E-state index in [0.29, 0.717) is 11.7 Å². The minimum atomic E-state index is -1.13. The van der Waals surface area contributed by atoms with Gasteiger partial charge in [-0.25, -0.2) is 0 Å². The standard InChI is InChI=1S/C11H18N2O4S/c1-3-4-12-11-13-6-7(15)8(16)9(5(2)14)17-10(6)18-11/h3,5-10,14-16H,1,4H2,2H3,(H,12,13)/t5-,6-,7-,8+,9-,10-/m1/s1. The van der Waals surface area contributed by atoms with E-state index in [2.05, 4.69) is 16.9 Å². The third kappa shape index (κ3) is 2.55. The molecule has 2 aliphatic rings.